The lowest BCUT2D eigenvalue weighted by molar-refractivity contribution is -0.254. The zero-order valence-electron chi connectivity index (χ0n) is 17.6. The molecule has 1 aliphatic heterocycles. The molecular formula is C25H24N2O3. The second-order valence-corrected chi connectivity index (χ2v) is 7.58. The minimum atomic E-state index is -1.19. The van der Waals surface area contributed by atoms with Gasteiger partial charge in [0.15, 0.2) is 0 Å². The number of aromatic carboxylic acids is 1. The molecule has 2 aromatic rings. The molecule has 0 unspecified atom stereocenters. The Morgan fingerprint density at radius 1 is 1.03 bits per heavy atom. The molecule has 0 saturated heterocycles. The highest BCUT2D eigenvalue weighted by atomic mass is 16.4. The highest BCUT2D eigenvalue weighted by Crippen LogP contribution is 2.41. The van der Waals surface area contributed by atoms with Crippen LogP contribution in [0.1, 0.15) is 17.3 Å². The molecule has 0 aromatic heterocycles. The van der Waals surface area contributed by atoms with Crippen LogP contribution < -0.4 is 19.9 Å². The first-order chi connectivity index (χ1) is 14.4. The first-order valence-electron chi connectivity index (χ1n) is 9.93. The Morgan fingerprint density at radius 3 is 2.50 bits per heavy atom. The number of hydrogen-bond donors (Lipinski definition) is 0. The summed E-state index contributed by atoms with van der Waals surface area (Å²) in [5.74, 6) is -0.493. The summed E-state index contributed by atoms with van der Waals surface area (Å²) < 4.78 is 8.33. The van der Waals surface area contributed by atoms with Crippen LogP contribution >= 0.6 is 0 Å². The molecule has 0 spiro atoms. The summed E-state index contributed by atoms with van der Waals surface area (Å²) in [7, 11) is 5.98. The van der Waals surface area contributed by atoms with Gasteiger partial charge in [-0.15, -0.1) is 0 Å². The van der Waals surface area contributed by atoms with Gasteiger partial charge in [-0.3, -0.25) is 0 Å². The van der Waals surface area contributed by atoms with Crippen molar-refractivity contribution in [2.24, 2.45) is 0 Å². The van der Waals surface area contributed by atoms with Gasteiger partial charge in [-0.2, -0.15) is 0 Å². The van der Waals surface area contributed by atoms with E-state index in [0.29, 0.717) is 16.9 Å². The molecule has 0 radical (unpaired) electrons. The van der Waals surface area contributed by atoms with Gasteiger partial charge in [-0.05, 0) is 30.7 Å². The number of fused-ring (bicyclic) bond motifs is 2. The summed E-state index contributed by atoms with van der Waals surface area (Å²) in [6.07, 6.45) is 0. The summed E-state index contributed by atoms with van der Waals surface area (Å²) in [6.45, 7) is 2.96. The normalized spacial score (nSPS) is 11.1. The molecule has 152 valence electrons. The van der Waals surface area contributed by atoms with Gasteiger partial charge < -0.3 is 19.2 Å². The molecule has 0 atom stereocenters. The van der Waals surface area contributed by atoms with Gasteiger partial charge in [0.1, 0.15) is 25.4 Å². The van der Waals surface area contributed by atoms with Gasteiger partial charge in [0.25, 0.3) is 0 Å². The first-order valence-corrected chi connectivity index (χ1v) is 9.93. The quantitative estimate of drug-likeness (QED) is 0.390. The summed E-state index contributed by atoms with van der Waals surface area (Å²) in [4.78, 5) is 14.0. The van der Waals surface area contributed by atoms with Gasteiger partial charge in [0, 0.05) is 53.5 Å². The van der Waals surface area contributed by atoms with Crippen LogP contribution in [0.4, 0.5) is 5.69 Å². The van der Waals surface area contributed by atoms with Crippen LogP contribution in [0, 0.1) is 0 Å². The van der Waals surface area contributed by atoms with Crippen LogP contribution in [0.25, 0.3) is 33.4 Å². The van der Waals surface area contributed by atoms with Crippen molar-refractivity contribution in [1.82, 2.24) is 4.58 Å². The number of benzene rings is 3. The molecule has 0 amide bonds. The van der Waals surface area contributed by atoms with Gasteiger partial charge in [-0.25, -0.2) is 4.58 Å². The average Bonchev–Trinajstić information content (AvgIpc) is 2.75. The lowest BCUT2D eigenvalue weighted by Crippen LogP contribution is -2.23. The largest absolute Gasteiger partial charge is 0.545 e. The molecule has 0 N–H and O–H groups in total. The minimum Gasteiger partial charge on any atom is -0.545 e. The van der Waals surface area contributed by atoms with E-state index < -0.39 is 5.97 Å². The third kappa shape index (κ3) is 3.32. The van der Waals surface area contributed by atoms with Crippen LogP contribution in [0.2, 0.25) is 0 Å². The molecule has 30 heavy (non-hydrogen) atoms. The lowest BCUT2D eigenvalue weighted by atomic mass is 9.90. The topological polar surface area (TPSA) is 59.5 Å². The Bertz CT molecular complexity index is 1300. The Labute approximate surface area is 175 Å². The fraction of sp³-hybridized carbons (Fsp3) is 0.200. The van der Waals surface area contributed by atoms with Crippen molar-refractivity contribution in [2.45, 2.75) is 6.92 Å². The maximum atomic E-state index is 11.8. The third-order valence-electron chi connectivity index (χ3n) is 5.54. The van der Waals surface area contributed by atoms with Crippen LogP contribution in [0.15, 0.2) is 65.1 Å². The number of carboxylic acids is 1. The number of hydrogen-bond acceptors (Lipinski definition) is 4. The van der Waals surface area contributed by atoms with E-state index in [-0.39, 0.29) is 5.56 Å². The van der Waals surface area contributed by atoms with Gasteiger partial charge in [0.05, 0.1) is 12.0 Å². The Kier molecular flexibility index (Phi) is 5.04. The molecule has 0 fully saturated rings. The van der Waals surface area contributed by atoms with E-state index in [1.165, 1.54) is 0 Å². The van der Waals surface area contributed by atoms with E-state index in [2.05, 4.69) is 11.8 Å². The molecular weight excluding hydrogens is 376 g/mol. The van der Waals surface area contributed by atoms with Crippen molar-refractivity contribution in [1.29, 1.82) is 0 Å². The monoisotopic (exact) mass is 400 g/mol. The first kappa shape index (κ1) is 19.7. The van der Waals surface area contributed by atoms with E-state index in [9.17, 15) is 9.90 Å². The summed E-state index contributed by atoms with van der Waals surface area (Å²) in [5.41, 5.74) is 4.23. The number of carboxylic acid groups (broad SMARTS) is 1. The van der Waals surface area contributed by atoms with E-state index in [4.69, 9.17) is 4.42 Å². The minimum absolute atomic E-state index is 0.165. The zero-order chi connectivity index (χ0) is 21.4. The molecule has 5 nitrogen and oxygen atoms in total. The standard InChI is InChI=1S/C25H24N2O3/c1-5-27(4)17-11-13-21-23(15-17)30-22-14-16(26(2)3)10-12-20(22)24(21)18-8-6-7-9-19(18)25(28)29/h6-15H,5H2,1-4H3. The number of anilines is 1. The predicted molar refractivity (Wildman–Crippen MR) is 119 cm³/mol. The Hall–Kier alpha value is -3.60. The van der Waals surface area contributed by atoms with Crippen molar-refractivity contribution >= 4 is 22.6 Å². The fourth-order valence-corrected chi connectivity index (χ4v) is 3.74. The predicted octanol–water partition coefficient (Wildman–Crippen LogP) is 3.06. The number of nitrogens with zero attached hydrogens (tertiary/aromatic N) is 2. The summed E-state index contributed by atoms with van der Waals surface area (Å²) >= 11 is 0. The Balaban J connectivity index is 2.16. The SMILES string of the molecule is CCN(C)c1ccc2c(-c3ccccc3C(=O)[O-])c3ccc(=[N+](C)C)cc-3oc2c1. The summed E-state index contributed by atoms with van der Waals surface area (Å²) in [6, 6.07) is 19.0. The second kappa shape index (κ2) is 7.67. The number of carbonyl (C=O) groups is 1. The zero-order valence-corrected chi connectivity index (χ0v) is 17.6. The maximum absolute atomic E-state index is 11.8. The molecule has 2 aliphatic rings. The second-order valence-electron chi connectivity index (χ2n) is 7.58. The smallest absolute Gasteiger partial charge is 0.203 e. The number of carbonyl (C=O) groups excluding carboxylic acids is 1. The van der Waals surface area contributed by atoms with Gasteiger partial charge in [0.2, 0.25) is 5.36 Å². The van der Waals surface area contributed by atoms with E-state index >= 15 is 0 Å². The lowest BCUT2D eigenvalue weighted by Gasteiger charge is -2.20. The van der Waals surface area contributed by atoms with E-state index in [0.717, 1.165) is 34.1 Å². The fourth-order valence-electron chi connectivity index (χ4n) is 3.74. The summed E-state index contributed by atoms with van der Waals surface area (Å²) in [5, 5.41) is 13.7. The van der Waals surface area contributed by atoms with Crippen LogP contribution in [-0.4, -0.2) is 33.7 Å². The van der Waals surface area contributed by atoms with E-state index in [1.807, 2.05) is 74.2 Å². The van der Waals surface area contributed by atoms with Gasteiger partial charge >= 0.3 is 0 Å². The van der Waals surface area contributed by atoms with Crippen LogP contribution in [0.5, 0.6) is 0 Å². The average molecular weight is 400 g/mol. The third-order valence-corrected chi connectivity index (χ3v) is 5.54. The van der Waals surface area contributed by atoms with Crippen LogP contribution in [0.3, 0.4) is 0 Å². The van der Waals surface area contributed by atoms with Crippen LogP contribution in [-0.2, 0) is 0 Å². The molecule has 1 aliphatic carbocycles. The highest BCUT2D eigenvalue weighted by molar-refractivity contribution is 6.07. The van der Waals surface area contributed by atoms with Crippen molar-refractivity contribution in [3.63, 3.8) is 0 Å². The maximum Gasteiger partial charge on any atom is 0.203 e. The van der Waals surface area contributed by atoms with Crippen molar-refractivity contribution in [3.05, 3.63) is 71.6 Å². The van der Waals surface area contributed by atoms with Crippen molar-refractivity contribution in [2.75, 3.05) is 32.6 Å². The highest BCUT2D eigenvalue weighted by Gasteiger charge is 2.20. The molecule has 2 aromatic carbocycles. The molecule has 4 rings (SSSR count). The van der Waals surface area contributed by atoms with Crippen molar-refractivity contribution in [3.8, 4) is 22.5 Å². The van der Waals surface area contributed by atoms with Crippen molar-refractivity contribution < 1.29 is 14.3 Å². The molecule has 5 heteroatoms. The van der Waals surface area contributed by atoms with Gasteiger partial charge in [-0.1, -0.05) is 24.3 Å². The van der Waals surface area contributed by atoms with E-state index in [1.54, 1.807) is 12.1 Å². The molecule has 0 saturated carbocycles. The molecule has 0 bridgehead atoms. The number of rotatable bonds is 4. The molecule has 1 heterocycles. The Morgan fingerprint density at radius 2 is 1.80 bits per heavy atom.